The summed E-state index contributed by atoms with van der Waals surface area (Å²) in [5.41, 5.74) is 8.81. The van der Waals surface area contributed by atoms with Crippen LogP contribution in [0.3, 0.4) is 0 Å². The summed E-state index contributed by atoms with van der Waals surface area (Å²) in [6, 6.07) is 29.9. The number of benzene rings is 4. The number of primary amides is 1. The number of aliphatic hydroxyl groups excluding tert-OH is 1. The van der Waals surface area contributed by atoms with Gasteiger partial charge in [-0.15, -0.1) is 0 Å². The molecule has 6 N–H and O–H groups in total. The van der Waals surface area contributed by atoms with E-state index >= 15 is 0 Å². The van der Waals surface area contributed by atoms with Crippen molar-refractivity contribution in [3.63, 3.8) is 0 Å². The van der Waals surface area contributed by atoms with Crippen LogP contribution in [0.2, 0.25) is 0 Å². The molecule has 0 spiro atoms. The maximum atomic E-state index is 13.0. The highest BCUT2D eigenvalue weighted by molar-refractivity contribution is 5.94. The van der Waals surface area contributed by atoms with Gasteiger partial charge in [0.2, 0.25) is 5.56 Å². The summed E-state index contributed by atoms with van der Waals surface area (Å²) in [6.45, 7) is 1.62. The number of phenolic OH excluding ortho intramolecular Hbond substituents is 1. The Labute approximate surface area is 277 Å². The molecule has 11 nitrogen and oxygen atoms in total. The highest BCUT2D eigenvalue weighted by Crippen LogP contribution is 2.30. The number of H-pyrrole nitrogens is 1. The number of fused-ring (bicyclic) bond motifs is 1. The number of aromatic hydroxyl groups is 1. The van der Waals surface area contributed by atoms with E-state index in [4.69, 9.17) is 15.2 Å². The molecule has 0 aliphatic carbocycles. The van der Waals surface area contributed by atoms with Crippen molar-refractivity contribution in [2.75, 3.05) is 26.7 Å². The van der Waals surface area contributed by atoms with Crippen LogP contribution < -0.4 is 21.3 Å². The number of aromatic nitrogens is 1. The van der Waals surface area contributed by atoms with Gasteiger partial charge in [-0.2, -0.15) is 0 Å². The number of aromatic amines is 1. The minimum absolute atomic E-state index is 0.0592. The highest BCUT2D eigenvalue weighted by atomic mass is 16.6. The molecule has 0 bridgehead atoms. The molecule has 0 aliphatic heterocycles. The number of carbonyl (C=O) groups excluding carboxylic acids is 2. The number of carbonyl (C=O) groups is 2. The van der Waals surface area contributed by atoms with E-state index in [0.29, 0.717) is 41.8 Å². The molecular formula is C37H38N4O7. The van der Waals surface area contributed by atoms with Crippen LogP contribution >= 0.6 is 0 Å². The lowest BCUT2D eigenvalue weighted by molar-refractivity contribution is 0.0792. The molecule has 0 fully saturated rings. The number of nitrogens with zero attached hydrogens (tertiary/aromatic N) is 1. The fourth-order valence-corrected chi connectivity index (χ4v) is 5.41. The zero-order valence-corrected chi connectivity index (χ0v) is 26.5. The molecule has 0 saturated carbocycles. The second kappa shape index (κ2) is 15.8. The van der Waals surface area contributed by atoms with E-state index in [2.05, 4.69) is 10.3 Å². The van der Waals surface area contributed by atoms with Gasteiger partial charge in [-0.1, -0.05) is 60.7 Å². The molecule has 48 heavy (non-hydrogen) atoms. The van der Waals surface area contributed by atoms with Crippen LogP contribution in [0.1, 0.15) is 51.2 Å². The zero-order valence-electron chi connectivity index (χ0n) is 26.5. The molecule has 11 heteroatoms. The van der Waals surface area contributed by atoms with Crippen LogP contribution in [0.25, 0.3) is 10.9 Å². The minimum Gasteiger partial charge on any atom is -0.506 e. The molecular weight excluding hydrogens is 612 g/mol. The summed E-state index contributed by atoms with van der Waals surface area (Å²) in [5.74, 6) is 0.424. The molecule has 0 saturated heterocycles. The first-order valence-corrected chi connectivity index (χ1v) is 15.5. The van der Waals surface area contributed by atoms with Gasteiger partial charge < -0.3 is 40.6 Å². The van der Waals surface area contributed by atoms with Gasteiger partial charge in [0.05, 0.1) is 11.6 Å². The molecule has 0 aliphatic rings. The van der Waals surface area contributed by atoms with Gasteiger partial charge in [0.1, 0.15) is 18.1 Å². The summed E-state index contributed by atoms with van der Waals surface area (Å²) < 4.78 is 11.4. The van der Waals surface area contributed by atoms with Gasteiger partial charge in [-0.05, 0) is 66.1 Å². The maximum Gasteiger partial charge on any atom is 0.405 e. The van der Waals surface area contributed by atoms with E-state index < -0.39 is 18.3 Å². The second-order valence-corrected chi connectivity index (χ2v) is 11.4. The molecule has 0 radical (unpaired) electrons. The van der Waals surface area contributed by atoms with Crippen LogP contribution in [0, 0.1) is 0 Å². The molecule has 2 amide bonds. The molecule has 2 atom stereocenters. The summed E-state index contributed by atoms with van der Waals surface area (Å²) in [5, 5.41) is 24.6. The Balaban J connectivity index is 1.08. The maximum absolute atomic E-state index is 13.0. The van der Waals surface area contributed by atoms with Crippen LogP contribution in [0.4, 0.5) is 4.79 Å². The first-order chi connectivity index (χ1) is 23.2. The molecule has 1 heterocycles. The number of hydrogen-bond acceptors (Lipinski definition) is 8. The van der Waals surface area contributed by atoms with Crippen LogP contribution in [0.5, 0.6) is 11.5 Å². The third-order valence-corrected chi connectivity index (χ3v) is 7.90. The molecule has 5 rings (SSSR count). The average Bonchev–Trinajstić information content (AvgIpc) is 3.10. The SMILES string of the molecule is CN(CCCNCC(O)c1ccc(O)c2[nH]c(=O)ccc12)C(=O)c1ccc(COc2cccc(C(OC(N)=O)c3ccccc3)c2)cc1. The van der Waals surface area contributed by atoms with E-state index in [1.165, 1.54) is 12.1 Å². The van der Waals surface area contributed by atoms with Crippen molar-refractivity contribution in [2.24, 2.45) is 5.73 Å². The first-order valence-electron chi connectivity index (χ1n) is 15.5. The van der Waals surface area contributed by atoms with E-state index in [1.54, 1.807) is 42.3 Å². The van der Waals surface area contributed by atoms with Crippen LogP contribution in [0.15, 0.2) is 108 Å². The predicted octanol–water partition coefficient (Wildman–Crippen LogP) is 4.78. The van der Waals surface area contributed by atoms with E-state index in [1.807, 2.05) is 60.7 Å². The number of rotatable bonds is 14. The number of nitrogens with one attached hydrogen (secondary N) is 2. The standard InChI is InChI=1S/C37H38N4O7/c1-41(20-6-19-39-22-32(43)29-15-17-31(42)34-30(29)16-18-33(44)40-34)36(45)26-13-11-24(12-14-26)23-47-28-10-5-9-27(21-28)35(48-37(38)46)25-7-3-2-4-8-25/h2-5,7-18,21,32,35,39,42-43H,6,19-20,22-23H2,1H3,(H2,38,46)(H,40,44). The van der Waals surface area contributed by atoms with Gasteiger partial charge >= 0.3 is 6.09 Å². The van der Waals surface area contributed by atoms with Gasteiger partial charge in [-0.3, -0.25) is 9.59 Å². The van der Waals surface area contributed by atoms with Crippen LogP contribution in [-0.2, 0) is 11.3 Å². The second-order valence-electron chi connectivity index (χ2n) is 11.4. The Bertz CT molecular complexity index is 1910. The lowest BCUT2D eigenvalue weighted by Gasteiger charge is -2.19. The number of hydrogen-bond donors (Lipinski definition) is 5. The number of phenols is 1. The summed E-state index contributed by atoms with van der Waals surface area (Å²) in [6.07, 6.45) is -1.73. The molecule has 5 aromatic rings. The summed E-state index contributed by atoms with van der Waals surface area (Å²) in [7, 11) is 1.75. The van der Waals surface area contributed by atoms with Gasteiger partial charge in [0.15, 0.2) is 6.10 Å². The van der Waals surface area contributed by atoms with Crippen molar-refractivity contribution in [3.05, 3.63) is 141 Å². The number of pyridine rings is 1. The number of amides is 2. The smallest absolute Gasteiger partial charge is 0.405 e. The quantitative estimate of drug-likeness (QED) is 0.107. The largest absolute Gasteiger partial charge is 0.506 e. The van der Waals surface area contributed by atoms with Crippen molar-refractivity contribution in [1.82, 2.24) is 15.2 Å². The third-order valence-electron chi connectivity index (χ3n) is 7.90. The van der Waals surface area contributed by atoms with Crippen molar-refractivity contribution in [2.45, 2.75) is 25.2 Å². The number of aliphatic hydroxyl groups is 1. The zero-order chi connectivity index (χ0) is 34.0. The fraction of sp³-hybridized carbons (Fsp3) is 0.216. The van der Waals surface area contributed by atoms with Gasteiger partial charge in [0.25, 0.3) is 5.91 Å². The molecule has 2 unspecified atom stereocenters. The van der Waals surface area contributed by atoms with Crippen molar-refractivity contribution in [3.8, 4) is 11.5 Å². The summed E-state index contributed by atoms with van der Waals surface area (Å²) >= 11 is 0. The van der Waals surface area contributed by atoms with Gasteiger partial charge in [-0.25, -0.2) is 4.79 Å². The fourth-order valence-electron chi connectivity index (χ4n) is 5.41. The van der Waals surface area contributed by atoms with Gasteiger partial charge in [0, 0.05) is 42.7 Å². The number of nitrogens with two attached hydrogens (primary N) is 1. The third kappa shape index (κ3) is 8.58. The Hall–Kier alpha value is -5.65. The van der Waals surface area contributed by atoms with Crippen molar-refractivity contribution >= 4 is 22.9 Å². The van der Waals surface area contributed by atoms with E-state index in [9.17, 15) is 24.6 Å². The Morgan fingerprint density at radius 2 is 1.69 bits per heavy atom. The Kier molecular flexibility index (Phi) is 11.1. The highest BCUT2D eigenvalue weighted by Gasteiger charge is 2.19. The van der Waals surface area contributed by atoms with Crippen molar-refractivity contribution in [1.29, 1.82) is 0 Å². The number of ether oxygens (including phenoxy) is 2. The minimum atomic E-state index is -0.871. The molecule has 1 aromatic heterocycles. The van der Waals surface area contributed by atoms with Crippen molar-refractivity contribution < 1.29 is 29.3 Å². The first kappa shape index (κ1) is 33.7. The lowest BCUT2D eigenvalue weighted by Crippen LogP contribution is -2.31. The average molecular weight is 651 g/mol. The monoisotopic (exact) mass is 650 g/mol. The van der Waals surface area contributed by atoms with E-state index in [0.717, 1.165) is 16.7 Å². The topological polar surface area (TPSA) is 167 Å². The Morgan fingerprint density at radius 1 is 0.938 bits per heavy atom. The molecule has 4 aromatic carbocycles. The Morgan fingerprint density at radius 3 is 2.44 bits per heavy atom. The molecule has 248 valence electrons. The predicted molar refractivity (Wildman–Crippen MR) is 182 cm³/mol. The normalized spacial score (nSPS) is 12.3. The van der Waals surface area contributed by atoms with Crippen LogP contribution in [-0.4, -0.2) is 58.8 Å². The van der Waals surface area contributed by atoms with E-state index in [-0.39, 0.29) is 35.9 Å². The summed E-state index contributed by atoms with van der Waals surface area (Å²) in [4.78, 5) is 40.5. The lowest BCUT2D eigenvalue weighted by atomic mass is 10.0.